The van der Waals surface area contributed by atoms with Crippen LogP contribution < -0.4 is 16.0 Å². The van der Waals surface area contributed by atoms with Gasteiger partial charge in [0.05, 0.1) is 0 Å². The van der Waals surface area contributed by atoms with Crippen molar-refractivity contribution in [2.45, 2.75) is 38.8 Å². The van der Waals surface area contributed by atoms with Gasteiger partial charge in [0, 0.05) is 13.0 Å². The average Bonchev–Trinajstić information content (AvgIpc) is 3.05. The number of rotatable bonds is 7. The highest BCUT2D eigenvalue weighted by Crippen LogP contribution is 2.13. The molecule has 128 valence electrons. The van der Waals surface area contributed by atoms with Crippen molar-refractivity contribution in [3.05, 3.63) is 35.9 Å². The van der Waals surface area contributed by atoms with Crippen molar-refractivity contribution in [2.75, 3.05) is 13.1 Å². The molecule has 3 N–H and O–H groups in total. The molecule has 5 nitrogen and oxygen atoms in total. The van der Waals surface area contributed by atoms with Crippen LogP contribution in [0.1, 0.15) is 31.7 Å². The number of amides is 2. The molecule has 1 aromatic carbocycles. The van der Waals surface area contributed by atoms with Gasteiger partial charge in [-0.1, -0.05) is 30.3 Å². The summed E-state index contributed by atoms with van der Waals surface area (Å²) in [6.07, 6.45) is 2.51. The van der Waals surface area contributed by atoms with Crippen LogP contribution in [0.3, 0.4) is 0 Å². The van der Waals surface area contributed by atoms with Crippen LogP contribution in [0.2, 0.25) is 0 Å². The number of benzene rings is 1. The van der Waals surface area contributed by atoms with Gasteiger partial charge in [0.25, 0.3) is 0 Å². The maximum atomic E-state index is 12.0. The SMILES string of the molecule is CC(NC(=O)CCC1CCNC1)C(=O)NCc1ccccc1.Cl. The molecule has 2 atom stereocenters. The zero-order chi connectivity index (χ0) is 15.8. The lowest BCUT2D eigenvalue weighted by Crippen LogP contribution is -2.44. The lowest BCUT2D eigenvalue weighted by Gasteiger charge is -2.15. The van der Waals surface area contributed by atoms with E-state index in [-0.39, 0.29) is 24.2 Å². The summed E-state index contributed by atoms with van der Waals surface area (Å²) >= 11 is 0. The Morgan fingerprint density at radius 2 is 2.04 bits per heavy atom. The minimum Gasteiger partial charge on any atom is -0.350 e. The molecule has 0 spiro atoms. The molecule has 2 rings (SSSR count). The number of nitrogens with one attached hydrogen (secondary N) is 3. The van der Waals surface area contributed by atoms with E-state index in [4.69, 9.17) is 0 Å². The highest BCUT2D eigenvalue weighted by atomic mass is 35.5. The predicted octanol–water partition coefficient (Wildman–Crippen LogP) is 1.62. The Labute approximate surface area is 144 Å². The Hall–Kier alpha value is -1.59. The van der Waals surface area contributed by atoms with Crippen molar-refractivity contribution in [3.8, 4) is 0 Å². The Kier molecular flexibility index (Phi) is 8.66. The molecule has 1 heterocycles. The molecule has 6 heteroatoms. The van der Waals surface area contributed by atoms with Gasteiger partial charge in [-0.05, 0) is 44.3 Å². The summed E-state index contributed by atoms with van der Waals surface area (Å²) in [5, 5.41) is 8.90. The molecule has 1 saturated heterocycles. The van der Waals surface area contributed by atoms with Gasteiger partial charge in [0.1, 0.15) is 6.04 Å². The van der Waals surface area contributed by atoms with E-state index in [1.807, 2.05) is 30.3 Å². The summed E-state index contributed by atoms with van der Waals surface area (Å²) in [7, 11) is 0. The maximum absolute atomic E-state index is 12.0. The molecule has 2 unspecified atom stereocenters. The number of hydrogen-bond donors (Lipinski definition) is 3. The summed E-state index contributed by atoms with van der Waals surface area (Å²) in [6, 6.07) is 9.22. The smallest absolute Gasteiger partial charge is 0.242 e. The topological polar surface area (TPSA) is 70.2 Å². The van der Waals surface area contributed by atoms with Crippen LogP contribution >= 0.6 is 12.4 Å². The van der Waals surface area contributed by atoms with Crippen molar-refractivity contribution >= 4 is 24.2 Å². The number of hydrogen-bond acceptors (Lipinski definition) is 3. The molecular weight excluding hydrogens is 314 g/mol. The number of carbonyl (C=O) groups is 2. The van der Waals surface area contributed by atoms with Gasteiger partial charge in [-0.15, -0.1) is 12.4 Å². The van der Waals surface area contributed by atoms with Crippen molar-refractivity contribution < 1.29 is 9.59 Å². The van der Waals surface area contributed by atoms with Crippen LogP contribution in [-0.2, 0) is 16.1 Å². The van der Waals surface area contributed by atoms with E-state index in [1.165, 1.54) is 0 Å². The molecule has 0 aliphatic carbocycles. The van der Waals surface area contributed by atoms with E-state index in [0.29, 0.717) is 18.9 Å². The van der Waals surface area contributed by atoms with Gasteiger partial charge in [0.2, 0.25) is 11.8 Å². The highest BCUT2D eigenvalue weighted by Gasteiger charge is 2.18. The first-order valence-corrected chi connectivity index (χ1v) is 7.97. The third-order valence-corrected chi connectivity index (χ3v) is 4.02. The molecule has 1 aliphatic rings. The molecular formula is C17H26ClN3O2. The lowest BCUT2D eigenvalue weighted by molar-refractivity contribution is -0.128. The summed E-state index contributed by atoms with van der Waals surface area (Å²) in [5.74, 6) is 0.391. The minimum atomic E-state index is -0.502. The zero-order valence-electron chi connectivity index (χ0n) is 13.5. The van der Waals surface area contributed by atoms with Crippen LogP contribution in [-0.4, -0.2) is 30.9 Å². The van der Waals surface area contributed by atoms with E-state index in [1.54, 1.807) is 6.92 Å². The van der Waals surface area contributed by atoms with Crippen LogP contribution in [0.15, 0.2) is 30.3 Å². The second kappa shape index (κ2) is 10.2. The van der Waals surface area contributed by atoms with Crippen molar-refractivity contribution in [1.82, 2.24) is 16.0 Å². The summed E-state index contributed by atoms with van der Waals surface area (Å²) in [4.78, 5) is 23.9. The molecule has 2 amide bonds. The molecule has 1 aliphatic heterocycles. The van der Waals surface area contributed by atoms with Crippen molar-refractivity contribution in [1.29, 1.82) is 0 Å². The minimum absolute atomic E-state index is 0. The molecule has 1 aromatic rings. The van der Waals surface area contributed by atoms with Crippen LogP contribution in [0.25, 0.3) is 0 Å². The molecule has 0 radical (unpaired) electrons. The fraction of sp³-hybridized carbons (Fsp3) is 0.529. The molecule has 0 saturated carbocycles. The summed E-state index contributed by atoms with van der Waals surface area (Å²) in [6.45, 7) is 4.24. The van der Waals surface area contributed by atoms with E-state index in [0.717, 1.165) is 31.5 Å². The van der Waals surface area contributed by atoms with Gasteiger partial charge in [-0.25, -0.2) is 0 Å². The quantitative estimate of drug-likeness (QED) is 0.707. The second-order valence-corrected chi connectivity index (χ2v) is 5.89. The largest absolute Gasteiger partial charge is 0.350 e. The molecule has 1 fully saturated rings. The Bertz CT molecular complexity index is 490. The van der Waals surface area contributed by atoms with Crippen LogP contribution in [0, 0.1) is 5.92 Å². The average molecular weight is 340 g/mol. The number of halogens is 1. The molecule has 23 heavy (non-hydrogen) atoms. The van der Waals surface area contributed by atoms with Crippen molar-refractivity contribution in [3.63, 3.8) is 0 Å². The lowest BCUT2D eigenvalue weighted by atomic mass is 10.0. The monoisotopic (exact) mass is 339 g/mol. The van der Waals surface area contributed by atoms with Gasteiger partial charge in [-0.2, -0.15) is 0 Å². The van der Waals surface area contributed by atoms with E-state index >= 15 is 0 Å². The third-order valence-electron chi connectivity index (χ3n) is 4.02. The summed E-state index contributed by atoms with van der Waals surface area (Å²) < 4.78 is 0. The van der Waals surface area contributed by atoms with Gasteiger partial charge >= 0.3 is 0 Å². The first-order valence-electron chi connectivity index (χ1n) is 7.97. The van der Waals surface area contributed by atoms with E-state index < -0.39 is 6.04 Å². The summed E-state index contributed by atoms with van der Waals surface area (Å²) in [5.41, 5.74) is 1.04. The van der Waals surface area contributed by atoms with Crippen LogP contribution in [0.5, 0.6) is 0 Å². The fourth-order valence-corrected chi connectivity index (χ4v) is 2.61. The normalized spacial score (nSPS) is 17.9. The van der Waals surface area contributed by atoms with E-state index in [2.05, 4.69) is 16.0 Å². The molecule has 0 bridgehead atoms. The fourth-order valence-electron chi connectivity index (χ4n) is 2.61. The van der Waals surface area contributed by atoms with Crippen LogP contribution in [0.4, 0.5) is 0 Å². The van der Waals surface area contributed by atoms with E-state index in [9.17, 15) is 9.59 Å². The van der Waals surface area contributed by atoms with Gasteiger partial charge < -0.3 is 16.0 Å². The maximum Gasteiger partial charge on any atom is 0.242 e. The molecule has 0 aromatic heterocycles. The zero-order valence-corrected chi connectivity index (χ0v) is 14.3. The first kappa shape index (κ1) is 19.5. The highest BCUT2D eigenvalue weighted by molar-refractivity contribution is 5.87. The Morgan fingerprint density at radius 3 is 2.70 bits per heavy atom. The third kappa shape index (κ3) is 7.01. The van der Waals surface area contributed by atoms with Gasteiger partial charge in [0.15, 0.2) is 0 Å². The Morgan fingerprint density at radius 1 is 1.30 bits per heavy atom. The second-order valence-electron chi connectivity index (χ2n) is 5.89. The predicted molar refractivity (Wildman–Crippen MR) is 93.4 cm³/mol. The number of carbonyl (C=O) groups excluding carboxylic acids is 2. The van der Waals surface area contributed by atoms with Crippen molar-refractivity contribution in [2.24, 2.45) is 5.92 Å². The van der Waals surface area contributed by atoms with Gasteiger partial charge in [-0.3, -0.25) is 9.59 Å². The standard InChI is InChI=1S/C17H25N3O2.ClH/c1-13(17(22)19-12-14-5-3-2-4-6-14)20-16(21)8-7-15-9-10-18-11-15;/h2-6,13,15,18H,7-12H2,1H3,(H,19,22)(H,20,21);1H. The first-order chi connectivity index (χ1) is 10.6. The Balaban J connectivity index is 0.00000264.